The first kappa shape index (κ1) is 17.8. The first-order valence-electron chi connectivity index (χ1n) is 8.72. The molecule has 138 valence electrons. The van der Waals surface area contributed by atoms with Crippen LogP contribution in [-0.4, -0.2) is 45.1 Å². The zero-order chi connectivity index (χ0) is 18.5. The zero-order valence-electron chi connectivity index (χ0n) is 14.8. The third kappa shape index (κ3) is 4.35. The van der Waals surface area contributed by atoms with Crippen LogP contribution < -0.4 is 16.0 Å². The highest BCUT2D eigenvalue weighted by atomic mass is 16.2. The van der Waals surface area contributed by atoms with Crippen LogP contribution in [0.15, 0.2) is 24.5 Å². The molecule has 1 aliphatic heterocycles. The molecule has 26 heavy (non-hydrogen) atoms. The highest BCUT2D eigenvalue weighted by Crippen LogP contribution is 2.31. The SMILES string of the molecule is C[C@@H]1CCCN(c2ccc(C(N)=O)cc2NC(=O)CCn2cnnn2)C1. The summed E-state index contributed by atoms with van der Waals surface area (Å²) in [5, 5.41) is 13.7. The molecule has 1 aromatic heterocycles. The molecule has 2 aromatic rings. The number of piperidine rings is 1. The number of nitrogens with one attached hydrogen (secondary N) is 1. The fourth-order valence-electron chi connectivity index (χ4n) is 3.18. The molecule has 0 aliphatic carbocycles. The number of tetrazole rings is 1. The van der Waals surface area contributed by atoms with E-state index in [0.717, 1.165) is 25.2 Å². The number of benzene rings is 1. The average molecular weight is 357 g/mol. The molecule has 1 aliphatic rings. The van der Waals surface area contributed by atoms with Crippen molar-refractivity contribution in [2.75, 3.05) is 23.3 Å². The molecule has 2 heterocycles. The third-order valence-electron chi connectivity index (χ3n) is 4.51. The van der Waals surface area contributed by atoms with E-state index in [1.807, 2.05) is 6.07 Å². The minimum Gasteiger partial charge on any atom is -0.370 e. The van der Waals surface area contributed by atoms with Gasteiger partial charge in [-0.3, -0.25) is 9.59 Å². The van der Waals surface area contributed by atoms with E-state index < -0.39 is 5.91 Å². The number of aromatic nitrogens is 4. The Kier molecular flexibility index (Phi) is 5.45. The molecule has 0 radical (unpaired) electrons. The lowest BCUT2D eigenvalue weighted by Crippen LogP contribution is -2.35. The standard InChI is InChI=1S/C17H23N7O2/c1-12-3-2-7-23(10-12)15-5-4-13(17(18)26)9-14(15)20-16(25)6-8-24-11-19-21-22-24/h4-5,9,11-12H,2-3,6-8,10H2,1H3,(H2,18,26)(H,20,25)/t12-/m1/s1. The van der Waals surface area contributed by atoms with E-state index in [-0.39, 0.29) is 12.3 Å². The van der Waals surface area contributed by atoms with E-state index in [1.54, 1.807) is 12.1 Å². The molecule has 2 amide bonds. The van der Waals surface area contributed by atoms with Crippen molar-refractivity contribution in [1.29, 1.82) is 0 Å². The van der Waals surface area contributed by atoms with Crippen LogP contribution in [-0.2, 0) is 11.3 Å². The highest BCUT2D eigenvalue weighted by Gasteiger charge is 2.20. The van der Waals surface area contributed by atoms with E-state index in [1.165, 1.54) is 17.4 Å². The molecule has 3 rings (SSSR count). The quantitative estimate of drug-likeness (QED) is 0.797. The molecule has 0 bridgehead atoms. The summed E-state index contributed by atoms with van der Waals surface area (Å²) in [7, 11) is 0. The predicted octanol–water partition coefficient (Wildman–Crippen LogP) is 1.04. The van der Waals surface area contributed by atoms with Crippen molar-refractivity contribution in [3.63, 3.8) is 0 Å². The number of nitrogens with two attached hydrogens (primary N) is 1. The minimum atomic E-state index is -0.521. The van der Waals surface area contributed by atoms with Crippen molar-refractivity contribution in [3.8, 4) is 0 Å². The highest BCUT2D eigenvalue weighted by molar-refractivity contribution is 5.99. The fourth-order valence-corrected chi connectivity index (χ4v) is 3.18. The molecule has 9 nitrogen and oxygen atoms in total. The van der Waals surface area contributed by atoms with Gasteiger partial charge in [0.25, 0.3) is 0 Å². The summed E-state index contributed by atoms with van der Waals surface area (Å²) in [4.78, 5) is 26.1. The van der Waals surface area contributed by atoms with Crippen LogP contribution in [0.25, 0.3) is 0 Å². The Morgan fingerprint density at radius 3 is 2.92 bits per heavy atom. The fraction of sp³-hybridized carbons (Fsp3) is 0.471. The number of hydrogen-bond donors (Lipinski definition) is 2. The molecule has 9 heteroatoms. The van der Waals surface area contributed by atoms with Gasteiger partial charge in [-0.1, -0.05) is 6.92 Å². The lowest BCUT2D eigenvalue weighted by molar-refractivity contribution is -0.116. The molecular formula is C17H23N7O2. The number of aryl methyl sites for hydroxylation is 1. The normalized spacial score (nSPS) is 17.1. The van der Waals surface area contributed by atoms with Crippen LogP contribution in [0.1, 0.15) is 36.5 Å². The van der Waals surface area contributed by atoms with E-state index in [9.17, 15) is 9.59 Å². The molecule has 1 atom stereocenters. The maximum atomic E-state index is 12.4. The molecule has 3 N–H and O–H groups in total. The molecule has 1 aromatic carbocycles. The van der Waals surface area contributed by atoms with Crippen LogP contribution >= 0.6 is 0 Å². The summed E-state index contributed by atoms with van der Waals surface area (Å²) in [5.74, 6) is -0.107. The number of nitrogens with zero attached hydrogens (tertiary/aromatic N) is 5. The summed E-state index contributed by atoms with van der Waals surface area (Å²) in [6.07, 6.45) is 3.98. The molecule has 0 unspecified atom stereocenters. The van der Waals surface area contributed by atoms with Crippen molar-refractivity contribution in [3.05, 3.63) is 30.1 Å². The predicted molar refractivity (Wildman–Crippen MR) is 96.6 cm³/mol. The van der Waals surface area contributed by atoms with Crippen LogP contribution in [0.3, 0.4) is 0 Å². The van der Waals surface area contributed by atoms with Gasteiger partial charge in [0, 0.05) is 25.1 Å². The summed E-state index contributed by atoms with van der Waals surface area (Å²) < 4.78 is 1.49. The van der Waals surface area contributed by atoms with Crippen molar-refractivity contribution in [1.82, 2.24) is 20.2 Å². The van der Waals surface area contributed by atoms with Crippen LogP contribution in [0.4, 0.5) is 11.4 Å². The Morgan fingerprint density at radius 1 is 1.38 bits per heavy atom. The number of carbonyl (C=O) groups is 2. The summed E-state index contributed by atoms with van der Waals surface area (Å²) in [6.45, 7) is 4.44. The number of hydrogen-bond acceptors (Lipinski definition) is 6. The van der Waals surface area contributed by atoms with Gasteiger partial charge in [-0.2, -0.15) is 0 Å². The van der Waals surface area contributed by atoms with E-state index in [0.29, 0.717) is 23.7 Å². The van der Waals surface area contributed by atoms with E-state index >= 15 is 0 Å². The molecule has 1 saturated heterocycles. The molecule has 0 saturated carbocycles. The van der Waals surface area contributed by atoms with Crippen LogP contribution in [0.5, 0.6) is 0 Å². The number of amides is 2. The molecule has 0 spiro atoms. The average Bonchev–Trinajstić information content (AvgIpc) is 3.13. The van der Waals surface area contributed by atoms with Gasteiger partial charge in [-0.25, -0.2) is 4.68 Å². The summed E-state index contributed by atoms with van der Waals surface area (Å²) >= 11 is 0. The second-order valence-corrected chi connectivity index (χ2v) is 6.66. The van der Waals surface area contributed by atoms with Gasteiger partial charge >= 0.3 is 0 Å². The first-order chi connectivity index (χ1) is 12.5. The zero-order valence-corrected chi connectivity index (χ0v) is 14.8. The van der Waals surface area contributed by atoms with Gasteiger partial charge in [-0.05, 0) is 47.4 Å². The maximum absolute atomic E-state index is 12.4. The Hall–Kier alpha value is -2.97. The van der Waals surface area contributed by atoms with Gasteiger partial charge < -0.3 is 16.0 Å². The van der Waals surface area contributed by atoms with Gasteiger partial charge in [0.1, 0.15) is 6.33 Å². The monoisotopic (exact) mass is 357 g/mol. The van der Waals surface area contributed by atoms with Crippen molar-refractivity contribution in [2.24, 2.45) is 11.7 Å². The van der Waals surface area contributed by atoms with Gasteiger partial charge in [0.15, 0.2) is 0 Å². The number of primary amides is 1. The van der Waals surface area contributed by atoms with E-state index in [4.69, 9.17) is 5.73 Å². The Balaban J connectivity index is 1.76. The lowest BCUT2D eigenvalue weighted by atomic mass is 9.99. The molecule has 1 fully saturated rings. The van der Waals surface area contributed by atoms with Gasteiger partial charge in [0.2, 0.25) is 11.8 Å². The summed E-state index contributed by atoms with van der Waals surface area (Å²) in [6, 6.07) is 5.20. The summed E-state index contributed by atoms with van der Waals surface area (Å²) in [5.41, 5.74) is 7.29. The Labute approximate surface area is 151 Å². The van der Waals surface area contributed by atoms with Crippen molar-refractivity contribution < 1.29 is 9.59 Å². The van der Waals surface area contributed by atoms with Crippen molar-refractivity contribution in [2.45, 2.75) is 32.7 Å². The van der Waals surface area contributed by atoms with E-state index in [2.05, 4.69) is 32.7 Å². The Bertz CT molecular complexity index is 775. The number of carbonyl (C=O) groups excluding carboxylic acids is 2. The van der Waals surface area contributed by atoms with Crippen molar-refractivity contribution >= 4 is 23.2 Å². The second kappa shape index (κ2) is 7.94. The topological polar surface area (TPSA) is 119 Å². The Morgan fingerprint density at radius 2 is 2.23 bits per heavy atom. The van der Waals surface area contributed by atoms with Crippen LogP contribution in [0.2, 0.25) is 0 Å². The number of rotatable bonds is 6. The number of anilines is 2. The smallest absolute Gasteiger partial charge is 0.248 e. The minimum absolute atomic E-state index is 0.173. The lowest BCUT2D eigenvalue weighted by Gasteiger charge is -2.34. The maximum Gasteiger partial charge on any atom is 0.248 e. The molecular weight excluding hydrogens is 334 g/mol. The van der Waals surface area contributed by atoms with Gasteiger partial charge in [0.05, 0.1) is 17.9 Å². The van der Waals surface area contributed by atoms with Crippen LogP contribution in [0, 0.1) is 5.92 Å². The third-order valence-corrected chi connectivity index (χ3v) is 4.51. The van der Waals surface area contributed by atoms with Gasteiger partial charge in [-0.15, -0.1) is 5.10 Å². The first-order valence-corrected chi connectivity index (χ1v) is 8.72. The second-order valence-electron chi connectivity index (χ2n) is 6.66. The largest absolute Gasteiger partial charge is 0.370 e.